The number of halogens is 3. The van der Waals surface area contributed by atoms with E-state index in [2.05, 4.69) is 22.0 Å². The fraction of sp³-hybridized carbons (Fsp3) is 0.278. The van der Waals surface area contributed by atoms with Crippen LogP contribution in [0.5, 0.6) is 0 Å². The number of nitrogens with one attached hydrogen (secondary N) is 1. The maximum atomic E-state index is 12.5. The van der Waals surface area contributed by atoms with Gasteiger partial charge < -0.3 is 15.0 Å². The van der Waals surface area contributed by atoms with E-state index in [1.165, 1.54) is 17.8 Å². The Morgan fingerprint density at radius 2 is 2.21 bits per heavy atom. The molecule has 0 saturated heterocycles. The Balaban J connectivity index is 0.000000336. The highest BCUT2D eigenvalue weighted by molar-refractivity contribution is 8.02. The zero-order chi connectivity index (χ0) is 21.0. The number of carbonyl (C=O) groups excluding carboxylic acids is 1. The van der Waals surface area contributed by atoms with Crippen molar-refractivity contribution in [2.75, 3.05) is 24.7 Å². The van der Waals surface area contributed by atoms with Crippen molar-refractivity contribution in [1.29, 1.82) is 0 Å². The lowest BCUT2D eigenvalue weighted by Crippen LogP contribution is -2.06. The average Bonchev–Trinajstić information content (AvgIpc) is 3.13. The molecule has 0 amide bonds. The first kappa shape index (κ1) is 23.4. The summed E-state index contributed by atoms with van der Waals surface area (Å²) in [7, 11) is 1.73. The third-order valence-electron chi connectivity index (χ3n) is 3.23. The fourth-order valence-corrected chi connectivity index (χ4v) is 2.46. The van der Waals surface area contributed by atoms with Crippen molar-refractivity contribution in [2.45, 2.75) is 12.7 Å². The van der Waals surface area contributed by atoms with E-state index >= 15 is 0 Å². The monoisotopic (exact) mass is 414 g/mol. The van der Waals surface area contributed by atoms with Crippen LogP contribution in [0, 0.1) is 0 Å². The number of anilines is 1. The van der Waals surface area contributed by atoms with Gasteiger partial charge in [0.05, 0.1) is 18.5 Å². The van der Waals surface area contributed by atoms with Crippen LogP contribution in [-0.4, -0.2) is 47.1 Å². The summed E-state index contributed by atoms with van der Waals surface area (Å²) >= 11 is 1.33. The minimum absolute atomic E-state index is 0.102. The minimum Gasteiger partial charge on any atom is -0.396 e. The number of aliphatic hydroxyl groups excluding tert-OH is 1. The topological polar surface area (TPSA) is 79.5 Å². The molecule has 0 saturated carbocycles. The molecular formula is C18H21F3N4O2S. The highest BCUT2D eigenvalue weighted by Crippen LogP contribution is 2.29. The maximum Gasteiger partial charge on any atom is 0.416 e. The number of alkyl halides is 3. The fourth-order valence-electron chi connectivity index (χ4n) is 1.93. The van der Waals surface area contributed by atoms with E-state index in [0.717, 1.165) is 12.1 Å². The molecule has 2 N–H and O–H groups in total. The van der Waals surface area contributed by atoms with E-state index in [1.807, 2.05) is 0 Å². The van der Waals surface area contributed by atoms with Gasteiger partial charge in [-0.25, -0.2) is 4.98 Å². The van der Waals surface area contributed by atoms with Gasteiger partial charge in [0.1, 0.15) is 11.5 Å². The summed E-state index contributed by atoms with van der Waals surface area (Å²) in [6.07, 6.45) is -0.370. The normalized spacial score (nSPS) is 11.4. The van der Waals surface area contributed by atoms with Gasteiger partial charge in [0.2, 0.25) is 0 Å². The van der Waals surface area contributed by atoms with Crippen molar-refractivity contribution in [3.8, 4) is 0 Å². The molecule has 0 bridgehead atoms. The van der Waals surface area contributed by atoms with Gasteiger partial charge in [0, 0.05) is 25.5 Å². The number of aliphatic imine (C=N–C) groups is 1. The van der Waals surface area contributed by atoms with Crippen LogP contribution in [0.15, 0.2) is 52.9 Å². The second kappa shape index (κ2) is 12.0. The van der Waals surface area contributed by atoms with E-state index in [0.29, 0.717) is 35.7 Å². The number of carbonyl (C=O) groups is 1. The number of aldehydes is 1. The van der Waals surface area contributed by atoms with Crippen LogP contribution in [0.2, 0.25) is 0 Å². The maximum absolute atomic E-state index is 12.5. The summed E-state index contributed by atoms with van der Waals surface area (Å²) in [4.78, 5) is 17.5. The van der Waals surface area contributed by atoms with Crippen molar-refractivity contribution in [1.82, 2.24) is 9.55 Å². The largest absolute Gasteiger partial charge is 0.416 e. The van der Waals surface area contributed by atoms with Gasteiger partial charge in [-0.05, 0) is 29.8 Å². The molecule has 2 aromatic rings. The number of rotatable bonds is 8. The summed E-state index contributed by atoms with van der Waals surface area (Å²) in [5.74, 6) is 1.26. The third kappa shape index (κ3) is 8.40. The quantitative estimate of drug-likeness (QED) is 0.299. The zero-order valence-corrected chi connectivity index (χ0v) is 16.0. The first-order valence-electron chi connectivity index (χ1n) is 8.04. The smallest absolute Gasteiger partial charge is 0.396 e. The van der Waals surface area contributed by atoms with Crippen molar-refractivity contribution in [3.63, 3.8) is 0 Å². The van der Waals surface area contributed by atoms with Gasteiger partial charge in [-0.2, -0.15) is 13.2 Å². The van der Waals surface area contributed by atoms with E-state index in [9.17, 15) is 18.0 Å². The molecule has 0 spiro atoms. The van der Waals surface area contributed by atoms with Crippen LogP contribution >= 0.6 is 11.8 Å². The van der Waals surface area contributed by atoms with Crippen LogP contribution in [-0.2, 0) is 17.5 Å². The van der Waals surface area contributed by atoms with E-state index in [1.54, 1.807) is 35.6 Å². The Hall–Kier alpha value is -2.59. The SMILES string of the molecule is C=N/C(C=O)=C\SCCO.CNc1cn(Cc2cccc(C(F)(F)F)c2)cn1. The number of nitrogens with zero attached hydrogens (tertiary/aromatic N) is 3. The molecule has 0 aliphatic rings. The average molecular weight is 414 g/mol. The van der Waals surface area contributed by atoms with Crippen molar-refractivity contribution in [3.05, 3.63) is 59.0 Å². The van der Waals surface area contributed by atoms with Crippen LogP contribution in [0.1, 0.15) is 11.1 Å². The molecule has 0 aliphatic carbocycles. The molecule has 1 aromatic heterocycles. The molecule has 6 nitrogen and oxygen atoms in total. The molecular weight excluding hydrogens is 393 g/mol. The van der Waals surface area contributed by atoms with Crippen LogP contribution in [0.25, 0.3) is 0 Å². The van der Waals surface area contributed by atoms with Crippen LogP contribution in [0.4, 0.5) is 19.0 Å². The summed E-state index contributed by atoms with van der Waals surface area (Å²) in [6, 6.07) is 5.29. The second-order valence-corrected chi connectivity index (χ2v) is 6.27. The van der Waals surface area contributed by atoms with Crippen molar-refractivity contribution < 1.29 is 23.1 Å². The minimum atomic E-state index is -4.30. The third-order valence-corrected chi connectivity index (χ3v) is 4.05. The van der Waals surface area contributed by atoms with Crippen molar-refractivity contribution in [2.24, 2.45) is 4.99 Å². The lowest BCUT2D eigenvalue weighted by atomic mass is 10.1. The molecule has 0 unspecified atom stereocenters. The lowest BCUT2D eigenvalue weighted by Gasteiger charge is -2.08. The molecule has 1 aromatic carbocycles. The molecule has 0 radical (unpaired) electrons. The predicted octanol–water partition coefficient (Wildman–Crippen LogP) is 3.44. The van der Waals surface area contributed by atoms with Gasteiger partial charge in [-0.15, -0.1) is 11.8 Å². The number of hydrogen-bond donors (Lipinski definition) is 2. The molecule has 2 rings (SSSR count). The van der Waals surface area contributed by atoms with Gasteiger partial charge in [-0.1, -0.05) is 12.1 Å². The highest BCUT2D eigenvalue weighted by atomic mass is 32.2. The Morgan fingerprint density at radius 1 is 1.46 bits per heavy atom. The zero-order valence-electron chi connectivity index (χ0n) is 15.2. The Kier molecular flexibility index (Phi) is 10.0. The molecule has 1 heterocycles. The summed E-state index contributed by atoms with van der Waals surface area (Å²) < 4.78 is 39.3. The molecule has 0 fully saturated rings. The number of hydrogen-bond acceptors (Lipinski definition) is 6. The molecule has 152 valence electrons. The summed E-state index contributed by atoms with van der Waals surface area (Å²) in [5.41, 5.74) is 0.261. The Labute approximate surface area is 165 Å². The van der Waals surface area contributed by atoms with Gasteiger partial charge in [0.25, 0.3) is 0 Å². The van der Waals surface area contributed by atoms with Crippen LogP contribution in [0.3, 0.4) is 0 Å². The Morgan fingerprint density at radius 3 is 2.75 bits per heavy atom. The van der Waals surface area contributed by atoms with E-state index < -0.39 is 11.7 Å². The number of aromatic nitrogens is 2. The number of aliphatic hydroxyl groups is 1. The lowest BCUT2D eigenvalue weighted by molar-refractivity contribution is -0.137. The van der Waals surface area contributed by atoms with Gasteiger partial charge in [-0.3, -0.25) is 9.79 Å². The van der Waals surface area contributed by atoms with E-state index in [4.69, 9.17) is 5.11 Å². The van der Waals surface area contributed by atoms with E-state index in [-0.39, 0.29) is 6.61 Å². The molecule has 10 heteroatoms. The van der Waals surface area contributed by atoms with Crippen LogP contribution < -0.4 is 5.32 Å². The Bertz CT molecular complexity index is 781. The number of allylic oxidation sites excluding steroid dienone is 1. The second-order valence-electron chi connectivity index (χ2n) is 5.29. The molecule has 0 aliphatic heterocycles. The standard InChI is InChI=1S/C12H12F3N3.C6H9NO2S/c1-16-11-7-18(8-17-11)6-9-3-2-4-10(5-9)12(13,14)15;1-7-6(4-9)5-10-3-2-8/h2-5,7-8,16H,6H2,1H3;4-5,8H,1-3H2/b;6-5-. The predicted molar refractivity (Wildman–Crippen MR) is 106 cm³/mol. The summed E-state index contributed by atoms with van der Waals surface area (Å²) in [6.45, 7) is 3.65. The molecule has 0 atom stereocenters. The first-order chi connectivity index (χ1) is 13.3. The highest BCUT2D eigenvalue weighted by Gasteiger charge is 2.30. The van der Waals surface area contributed by atoms with Gasteiger partial charge >= 0.3 is 6.18 Å². The molecule has 28 heavy (non-hydrogen) atoms. The van der Waals surface area contributed by atoms with Crippen molar-refractivity contribution >= 4 is 30.6 Å². The number of thioether (sulfide) groups is 1. The van der Waals surface area contributed by atoms with Gasteiger partial charge in [0.15, 0.2) is 6.29 Å². The number of imidazole rings is 1. The number of benzene rings is 1. The first-order valence-corrected chi connectivity index (χ1v) is 9.09. The summed E-state index contributed by atoms with van der Waals surface area (Å²) in [5, 5.41) is 12.8.